The van der Waals surface area contributed by atoms with Gasteiger partial charge in [0, 0.05) is 42.7 Å². The predicted octanol–water partition coefficient (Wildman–Crippen LogP) is 2.28. The van der Waals surface area contributed by atoms with E-state index in [0.29, 0.717) is 49.4 Å². The van der Waals surface area contributed by atoms with Crippen molar-refractivity contribution in [3.63, 3.8) is 0 Å². The Bertz CT molecular complexity index is 1170. The molecule has 1 aliphatic rings. The van der Waals surface area contributed by atoms with Gasteiger partial charge >= 0.3 is 6.18 Å². The molecule has 0 unspecified atom stereocenters. The number of ether oxygens (including phenoxy) is 1. The molecule has 0 bridgehead atoms. The number of halogens is 3. The van der Waals surface area contributed by atoms with Crippen LogP contribution in [0.2, 0.25) is 0 Å². The Morgan fingerprint density at radius 2 is 1.90 bits per heavy atom. The van der Waals surface area contributed by atoms with Crippen molar-refractivity contribution in [1.82, 2.24) is 19.9 Å². The molecule has 0 spiro atoms. The molecule has 1 fully saturated rings. The number of aromatic amines is 1. The summed E-state index contributed by atoms with van der Waals surface area (Å²) in [7, 11) is -3.89. The van der Waals surface area contributed by atoms with Gasteiger partial charge in [-0.25, -0.2) is 23.4 Å². The van der Waals surface area contributed by atoms with Crippen LogP contribution in [0.15, 0.2) is 29.7 Å². The molecular weight excluding hydrogens is 411 g/mol. The Hall–Kier alpha value is -2.73. The number of hydrogen-bond donors (Lipinski definition) is 1. The normalized spacial score (nSPS) is 15.8. The highest BCUT2D eigenvalue weighted by atomic mass is 32.2. The van der Waals surface area contributed by atoms with E-state index >= 15 is 0 Å². The number of fused-ring (bicyclic) bond motifs is 1. The topological polar surface area (TPSA) is 101 Å². The van der Waals surface area contributed by atoms with Crippen LogP contribution in [-0.4, -0.2) is 60.9 Å². The molecule has 3 aromatic rings. The standard InChI is InChI=1S/C17H16F3N5O3S/c1-29(26,27)16-22-9-12(17(18,19)20)14(24-16)11-8-21-15-10(11)2-3-13(23-15)25-4-6-28-7-5-25/h2-3,8-9H,4-7H2,1H3,(H,21,23). The number of hydrogen-bond acceptors (Lipinski definition) is 7. The van der Waals surface area contributed by atoms with Gasteiger partial charge in [0.2, 0.25) is 15.0 Å². The number of nitrogens with zero attached hydrogens (tertiary/aromatic N) is 4. The van der Waals surface area contributed by atoms with E-state index in [0.717, 1.165) is 6.26 Å². The lowest BCUT2D eigenvalue weighted by atomic mass is 10.1. The largest absolute Gasteiger partial charge is 0.419 e. The third kappa shape index (κ3) is 3.77. The van der Waals surface area contributed by atoms with Crippen LogP contribution in [0.1, 0.15) is 5.56 Å². The second-order valence-electron chi connectivity index (χ2n) is 6.55. The van der Waals surface area contributed by atoms with E-state index in [1.165, 1.54) is 6.20 Å². The maximum absolute atomic E-state index is 13.5. The number of anilines is 1. The molecule has 4 heterocycles. The Morgan fingerprint density at radius 1 is 1.17 bits per heavy atom. The van der Waals surface area contributed by atoms with Crippen molar-refractivity contribution in [3.05, 3.63) is 30.1 Å². The molecule has 0 saturated carbocycles. The van der Waals surface area contributed by atoms with Gasteiger partial charge in [0.1, 0.15) is 17.0 Å². The number of aromatic nitrogens is 4. The van der Waals surface area contributed by atoms with E-state index in [9.17, 15) is 21.6 Å². The molecule has 1 saturated heterocycles. The van der Waals surface area contributed by atoms with Crippen LogP contribution < -0.4 is 4.90 Å². The monoisotopic (exact) mass is 427 g/mol. The van der Waals surface area contributed by atoms with Gasteiger partial charge in [-0.1, -0.05) is 0 Å². The van der Waals surface area contributed by atoms with Gasteiger partial charge in [-0.05, 0) is 12.1 Å². The molecule has 0 atom stereocenters. The molecule has 0 amide bonds. The van der Waals surface area contributed by atoms with Gasteiger partial charge in [-0.2, -0.15) is 13.2 Å². The van der Waals surface area contributed by atoms with Crippen molar-refractivity contribution < 1.29 is 26.3 Å². The van der Waals surface area contributed by atoms with Crippen LogP contribution in [0.4, 0.5) is 19.0 Å². The molecule has 1 N–H and O–H groups in total. The maximum atomic E-state index is 13.5. The summed E-state index contributed by atoms with van der Waals surface area (Å²) in [5.74, 6) is 0.671. The highest BCUT2D eigenvalue weighted by molar-refractivity contribution is 7.90. The molecule has 154 valence electrons. The fraction of sp³-hybridized carbons (Fsp3) is 0.353. The number of sulfone groups is 1. The van der Waals surface area contributed by atoms with Crippen LogP contribution in [-0.2, 0) is 20.8 Å². The summed E-state index contributed by atoms with van der Waals surface area (Å²) >= 11 is 0. The lowest BCUT2D eigenvalue weighted by Crippen LogP contribution is -2.36. The van der Waals surface area contributed by atoms with E-state index in [4.69, 9.17) is 4.74 Å². The van der Waals surface area contributed by atoms with Gasteiger partial charge in [0.25, 0.3) is 0 Å². The number of rotatable bonds is 3. The van der Waals surface area contributed by atoms with Gasteiger partial charge in [0.15, 0.2) is 0 Å². The molecule has 0 aliphatic carbocycles. The van der Waals surface area contributed by atoms with Crippen molar-refractivity contribution in [1.29, 1.82) is 0 Å². The van der Waals surface area contributed by atoms with Gasteiger partial charge in [-0.15, -0.1) is 0 Å². The van der Waals surface area contributed by atoms with Crippen molar-refractivity contribution in [2.24, 2.45) is 0 Å². The van der Waals surface area contributed by atoms with Crippen molar-refractivity contribution >= 4 is 26.7 Å². The minimum absolute atomic E-state index is 0.0978. The second-order valence-corrected chi connectivity index (χ2v) is 8.46. The quantitative estimate of drug-likeness (QED) is 0.640. The minimum atomic E-state index is -4.75. The zero-order valence-corrected chi connectivity index (χ0v) is 16.0. The number of pyridine rings is 1. The third-order valence-electron chi connectivity index (χ3n) is 4.52. The summed E-state index contributed by atoms with van der Waals surface area (Å²) < 4.78 is 69.3. The molecule has 12 heteroatoms. The molecule has 4 rings (SSSR count). The SMILES string of the molecule is CS(=O)(=O)c1ncc(C(F)(F)F)c(-c2c[nH]c3nc(N4CCOCC4)ccc23)n1. The van der Waals surface area contributed by atoms with Crippen molar-refractivity contribution in [2.75, 3.05) is 37.5 Å². The summed E-state index contributed by atoms with van der Waals surface area (Å²) in [4.78, 5) is 16.4. The Labute approximate surface area is 163 Å². The molecule has 3 aromatic heterocycles. The van der Waals surface area contributed by atoms with E-state index in [1.807, 2.05) is 4.90 Å². The van der Waals surface area contributed by atoms with E-state index < -0.39 is 32.4 Å². The molecule has 1 aliphatic heterocycles. The molecule has 29 heavy (non-hydrogen) atoms. The van der Waals surface area contributed by atoms with Crippen LogP contribution in [0.5, 0.6) is 0 Å². The molecule has 8 nitrogen and oxygen atoms in total. The average Bonchev–Trinajstić information content (AvgIpc) is 3.10. The lowest BCUT2D eigenvalue weighted by Gasteiger charge is -2.27. The van der Waals surface area contributed by atoms with Crippen LogP contribution in [0.3, 0.4) is 0 Å². The average molecular weight is 427 g/mol. The zero-order chi connectivity index (χ0) is 20.8. The molecule has 0 aromatic carbocycles. The zero-order valence-electron chi connectivity index (χ0n) is 15.2. The summed E-state index contributed by atoms with van der Waals surface area (Å²) in [6.45, 7) is 2.46. The van der Waals surface area contributed by atoms with Gasteiger partial charge in [-0.3, -0.25) is 0 Å². The number of alkyl halides is 3. The highest BCUT2D eigenvalue weighted by Crippen LogP contribution is 2.38. The predicted molar refractivity (Wildman–Crippen MR) is 98.3 cm³/mol. The van der Waals surface area contributed by atoms with Gasteiger partial charge in [0.05, 0.1) is 18.9 Å². The fourth-order valence-electron chi connectivity index (χ4n) is 3.12. The first kappa shape index (κ1) is 19.6. The van der Waals surface area contributed by atoms with Crippen LogP contribution in [0, 0.1) is 0 Å². The number of morpholine rings is 1. The van der Waals surface area contributed by atoms with Crippen LogP contribution in [0.25, 0.3) is 22.3 Å². The second kappa shape index (κ2) is 6.95. The first-order chi connectivity index (χ1) is 13.6. The Morgan fingerprint density at radius 3 is 2.55 bits per heavy atom. The molecule has 0 radical (unpaired) electrons. The Balaban J connectivity index is 1.85. The van der Waals surface area contributed by atoms with Crippen LogP contribution >= 0.6 is 0 Å². The number of H-pyrrole nitrogens is 1. The summed E-state index contributed by atoms with van der Waals surface area (Å²) in [5, 5.41) is -0.279. The molecular formula is C17H16F3N5O3S. The van der Waals surface area contributed by atoms with E-state index in [2.05, 4.69) is 19.9 Å². The van der Waals surface area contributed by atoms with Gasteiger partial charge < -0.3 is 14.6 Å². The Kier molecular flexibility index (Phi) is 4.69. The minimum Gasteiger partial charge on any atom is -0.378 e. The van der Waals surface area contributed by atoms with Crippen molar-refractivity contribution in [3.8, 4) is 11.3 Å². The lowest BCUT2D eigenvalue weighted by molar-refractivity contribution is -0.137. The smallest absolute Gasteiger partial charge is 0.378 e. The summed E-state index contributed by atoms with van der Waals surface area (Å²) in [6, 6.07) is 3.35. The first-order valence-electron chi connectivity index (χ1n) is 8.60. The fourth-order valence-corrected chi connectivity index (χ4v) is 3.62. The summed E-state index contributed by atoms with van der Waals surface area (Å²) in [6.07, 6.45) is -2.08. The first-order valence-corrected chi connectivity index (χ1v) is 10.5. The highest BCUT2D eigenvalue weighted by Gasteiger charge is 2.36. The summed E-state index contributed by atoms with van der Waals surface area (Å²) in [5.41, 5.74) is -1.17. The van der Waals surface area contributed by atoms with E-state index in [-0.39, 0.29) is 5.56 Å². The van der Waals surface area contributed by atoms with E-state index in [1.54, 1.807) is 12.1 Å². The number of nitrogens with one attached hydrogen (secondary N) is 1. The van der Waals surface area contributed by atoms with Crippen molar-refractivity contribution in [2.45, 2.75) is 11.3 Å². The third-order valence-corrected chi connectivity index (χ3v) is 5.38. The maximum Gasteiger partial charge on any atom is 0.419 e.